The molecule has 0 radical (unpaired) electrons. The zero-order valence-electron chi connectivity index (χ0n) is 7.86. The number of halogens is 3. The Balaban J connectivity index is 3.18. The molecule has 0 aromatic carbocycles. The molecular formula is C8H15F3O2. The van der Waals surface area contributed by atoms with Gasteiger partial charge in [0.05, 0.1) is 19.3 Å². The number of rotatable bonds is 6. The van der Waals surface area contributed by atoms with Crippen LogP contribution in [0.4, 0.5) is 13.2 Å². The number of ether oxygens (including phenoxy) is 2. The molecule has 2 nitrogen and oxygen atoms in total. The van der Waals surface area contributed by atoms with Crippen molar-refractivity contribution in [2.75, 3.05) is 19.8 Å². The van der Waals surface area contributed by atoms with Gasteiger partial charge in [-0.05, 0) is 13.3 Å². The summed E-state index contributed by atoms with van der Waals surface area (Å²) in [7, 11) is 0. The minimum Gasteiger partial charge on any atom is -0.376 e. The predicted octanol–water partition coefficient (Wildman–Crippen LogP) is 2.38. The normalized spacial score (nSPS) is 14.5. The maximum absolute atomic E-state index is 11.5. The highest BCUT2D eigenvalue weighted by molar-refractivity contribution is 4.47. The van der Waals surface area contributed by atoms with Gasteiger partial charge in [0.1, 0.15) is 6.61 Å². The molecule has 0 saturated carbocycles. The van der Waals surface area contributed by atoms with Crippen LogP contribution < -0.4 is 0 Å². The topological polar surface area (TPSA) is 18.5 Å². The van der Waals surface area contributed by atoms with Gasteiger partial charge in [-0.15, -0.1) is 0 Å². The number of hydrogen-bond donors (Lipinski definition) is 0. The van der Waals surface area contributed by atoms with E-state index in [9.17, 15) is 13.2 Å². The van der Waals surface area contributed by atoms with Crippen molar-refractivity contribution in [3.05, 3.63) is 0 Å². The molecule has 0 rings (SSSR count). The van der Waals surface area contributed by atoms with E-state index in [1.165, 1.54) is 0 Å². The summed E-state index contributed by atoms with van der Waals surface area (Å²) < 4.78 is 44.1. The Bertz CT molecular complexity index is 125. The number of alkyl halides is 3. The first-order valence-electron chi connectivity index (χ1n) is 4.21. The molecule has 13 heavy (non-hydrogen) atoms. The predicted molar refractivity (Wildman–Crippen MR) is 42.6 cm³/mol. The maximum Gasteiger partial charge on any atom is 0.411 e. The fourth-order valence-corrected chi connectivity index (χ4v) is 0.614. The zero-order valence-corrected chi connectivity index (χ0v) is 7.86. The Kier molecular flexibility index (Phi) is 6.07. The van der Waals surface area contributed by atoms with E-state index < -0.39 is 12.8 Å². The van der Waals surface area contributed by atoms with Gasteiger partial charge in [0.25, 0.3) is 0 Å². The van der Waals surface area contributed by atoms with Crippen molar-refractivity contribution in [3.8, 4) is 0 Å². The van der Waals surface area contributed by atoms with E-state index >= 15 is 0 Å². The van der Waals surface area contributed by atoms with Crippen LogP contribution in [0.1, 0.15) is 20.3 Å². The highest BCUT2D eigenvalue weighted by atomic mass is 19.4. The molecule has 0 amide bonds. The van der Waals surface area contributed by atoms with Crippen LogP contribution >= 0.6 is 0 Å². The third-order valence-electron chi connectivity index (χ3n) is 1.47. The first kappa shape index (κ1) is 12.7. The van der Waals surface area contributed by atoms with E-state index in [4.69, 9.17) is 4.74 Å². The Hall–Kier alpha value is -0.290. The van der Waals surface area contributed by atoms with Gasteiger partial charge in [0.2, 0.25) is 0 Å². The van der Waals surface area contributed by atoms with Crippen molar-refractivity contribution >= 4 is 0 Å². The molecule has 1 atom stereocenters. The second-order valence-corrected chi connectivity index (χ2v) is 2.76. The maximum atomic E-state index is 11.5. The van der Waals surface area contributed by atoms with E-state index in [2.05, 4.69) is 4.74 Å². The van der Waals surface area contributed by atoms with Crippen molar-refractivity contribution in [3.63, 3.8) is 0 Å². The van der Waals surface area contributed by atoms with E-state index in [0.717, 1.165) is 6.42 Å². The Morgan fingerprint density at radius 3 is 2.31 bits per heavy atom. The van der Waals surface area contributed by atoms with Crippen LogP contribution in [0.15, 0.2) is 0 Å². The fourth-order valence-electron chi connectivity index (χ4n) is 0.614. The molecular weight excluding hydrogens is 185 g/mol. The van der Waals surface area contributed by atoms with Crippen LogP contribution in [0.25, 0.3) is 0 Å². The van der Waals surface area contributed by atoms with Crippen LogP contribution in [0.2, 0.25) is 0 Å². The summed E-state index contributed by atoms with van der Waals surface area (Å²) in [6.07, 6.45) is -3.31. The summed E-state index contributed by atoms with van der Waals surface area (Å²) in [5.41, 5.74) is 0. The van der Waals surface area contributed by atoms with Gasteiger partial charge in [0.15, 0.2) is 0 Å². The Labute approximate surface area is 76.0 Å². The van der Waals surface area contributed by atoms with Crippen molar-refractivity contribution in [2.45, 2.75) is 32.5 Å². The van der Waals surface area contributed by atoms with Crippen molar-refractivity contribution < 1.29 is 22.6 Å². The van der Waals surface area contributed by atoms with Gasteiger partial charge >= 0.3 is 6.18 Å². The molecule has 0 aliphatic carbocycles. The average Bonchev–Trinajstić information content (AvgIpc) is 2.01. The highest BCUT2D eigenvalue weighted by Crippen LogP contribution is 2.14. The standard InChI is InChI=1S/C8H15F3O2/c1-3-7(2)13-5-4-12-6-8(9,10)11/h7H,3-6H2,1-2H3. The van der Waals surface area contributed by atoms with Crippen LogP contribution in [0, 0.1) is 0 Å². The first-order chi connectivity index (χ1) is 5.95. The van der Waals surface area contributed by atoms with E-state index in [1.807, 2.05) is 13.8 Å². The summed E-state index contributed by atoms with van der Waals surface area (Å²) in [6, 6.07) is 0. The summed E-state index contributed by atoms with van der Waals surface area (Å²) in [5, 5.41) is 0. The van der Waals surface area contributed by atoms with Crippen LogP contribution in [0.3, 0.4) is 0 Å². The summed E-state index contributed by atoms with van der Waals surface area (Å²) >= 11 is 0. The Morgan fingerprint density at radius 1 is 1.23 bits per heavy atom. The first-order valence-corrected chi connectivity index (χ1v) is 4.21. The minimum atomic E-state index is -4.24. The monoisotopic (exact) mass is 200 g/mol. The van der Waals surface area contributed by atoms with Gasteiger partial charge < -0.3 is 9.47 Å². The molecule has 80 valence electrons. The smallest absolute Gasteiger partial charge is 0.376 e. The molecule has 5 heteroatoms. The van der Waals surface area contributed by atoms with Gasteiger partial charge in [-0.2, -0.15) is 13.2 Å². The molecule has 0 aromatic rings. The summed E-state index contributed by atoms with van der Waals surface area (Å²) in [4.78, 5) is 0. The molecule has 0 aliphatic rings. The van der Waals surface area contributed by atoms with Gasteiger partial charge in [0, 0.05) is 0 Å². The zero-order chi connectivity index (χ0) is 10.3. The van der Waals surface area contributed by atoms with Crippen LogP contribution in [-0.4, -0.2) is 32.1 Å². The van der Waals surface area contributed by atoms with Gasteiger partial charge in [-0.3, -0.25) is 0 Å². The molecule has 0 bridgehead atoms. The second kappa shape index (κ2) is 6.21. The highest BCUT2D eigenvalue weighted by Gasteiger charge is 2.27. The quantitative estimate of drug-likeness (QED) is 0.613. The van der Waals surface area contributed by atoms with E-state index in [0.29, 0.717) is 0 Å². The van der Waals surface area contributed by atoms with Crippen molar-refractivity contribution in [1.29, 1.82) is 0 Å². The largest absolute Gasteiger partial charge is 0.411 e. The average molecular weight is 200 g/mol. The minimum absolute atomic E-state index is 0.0101. The lowest BCUT2D eigenvalue weighted by molar-refractivity contribution is -0.177. The lowest BCUT2D eigenvalue weighted by atomic mass is 10.3. The molecule has 0 aromatic heterocycles. The molecule has 0 fully saturated rings. The van der Waals surface area contributed by atoms with Gasteiger partial charge in [-0.25, -0.2) is 0 Å². The number of hydrogen-bond acceptors (Lipinski definition) is 2. The second-order valence-electron chi connectivity index (χ2n) is 2.76. The molecule has 0 aliphatic heterocycles. The lowest BCUT2D eigenvalue weighted by Crippen LogP contribution is -2.20. The van der Waals surface area contributed by atoms with Crippen molar-refractivity contribution in [1.82, 2.24) is 0 Å². The van der Waals surface area contributed by atoms with E-state index in [-0.39, 0.29) is 19.3 Å². The molecule has 0 saturated heterocycles. The van der Waals surface area contributed by atoms with E-state index in [1.54, 1.807) is 0 Å². The van der Waals surface area contributed by atoms with Gasteiger partial charge in [-0.1, -0.05) is 6.92 Å². The summed E-state index contributed by atoms with van der Waals surface area (Å²) in [6.45, 7) is 2.82. The third kappa shape index (κ3) is 9.63. The SMILES string of the molecule is CCC(C)OCCOCC(F)(F)F. The molecule has 1 unspecified atom stereocenters. The van der Waals surface area contributed by atoms with Crippen LogP contribution in [0.5, 0.6) is 0 Å². The van der Waals surface area contributed by atoms with Crippen LogP contribution in [-0.2, 0) is 9.47 Å². The fraction of sp³-hybridized carbons (Fsp3) is 1.00. The molecule has 0 N–H and O–H groups in total. The molecule has 0 heterocycles. The molecule has 0 spiro atoms. The third-order valence-corrected chi connectivity index (χ3v) is 1.47. The van der Waals surface area contributed by atoms with Crippen molar-refractivity contribution in [2.24, 2.45) is 0 Å². The Morgan fingerprint density at radius 2 is 1.85 bits per heavy atom. The summed E-state index contributed by atoms with van der Waals surface area (Å²) in [5.74, 6) is 0. The lowest BCUT2D eigenvalue weighted by Gasteiger charge is -2.11.